The van der Waals surface area contributed by atoms with Gasteiger partial charge in [-0.05, 0) is 12.5 Å². The van der Waals surface area contributed by atoms with Crippen molar-refractivity contribution in [1.82, 2.24) is 0 Å². The van der Waals surface area contributed by atoms with Gasteiger partial charge >= 0.3 is 0 Å². The van der Waals surface area contributed by atoms with E-state index in [0.29, 0.717) is 11.1 Å². The Balaban J connectivity index is 2.17. The van der Waals surface area contributed by atoms with E-state index >= 15 is 0 Å². The summed E-state index contributed by atoms with van der Waals surface area (Å²) in [6, 6.07) is 15.5. The molecule has 0 aliphatic heterocycles. The number of halogens is 2. The van der Waals surface area contributed by atoms with Crippen molar-refractivity contribution in [2.75, 3.05) is 0 Å². The first-order chi connectivity index (χ1) is 9.09. The highest BCUT2D eigenvalue weighted by molar-refractivity contribution is 6.34. The SMILES string of the molecule is Cc1ccc([C@@H](F)[C@@H](Cl)C(=O)c2ccccc2)cc1. The summed E-state index contributed by atoms with van der Waals surface area (Å²) in [4.78, 5) is 12.1. The maximum Gasteiger partial charge on any atom is 0.184 e. The zero-order valence-corrected chi connectivity index (χ0v) is 11.3. The minimum absolute atomic E-state index is 0.393. The third-order valence-corrected chi connectivity index (χ3v) is 3.38. The molecule has 1 nitrogen and oxygen atoms in total. The van der Waals surface area contributed by atoms with Gasteiger partial charge < -0.3 is 0 Å². The van der Waals surface area contributed by atoms with Gasteiger partial charge in [-0.3, -0.25) is 4.79 Å². The highest BCUT2D eigenvalue weighted by atomic mass is 35.5. The molecule has 0 aliphatic rings. The van der Waals surface area contributed by atoms with Crippen LogP contribution in [0, 0.1) is 6.92 Å². The molecule has 0 saturated carbocycles. The number of carbonyl (C=O) groups is 1. The van der Waals surface area contributed by atoms with Crippen molar-refractivity contribution in [3.63, 3.8) is 0 Å². The van der Waals surface area contributed by atoms with Crippen LogP contribution in [0.2, 0.25) is 0 Å². The first kappa shape index (κ1) is 13.8. The van der Waals surface area contributed by atoms with E-state index in [1.807, 2.05) is 6.92 Å². The molecule has 98 valence electrons. The lowest BCUT2D eigenvalue weighted by Gasteiger charge is -2.14. The lowest BCUT2D eigenvalue weighted by Crippen LogP contribution is -2.20. The maximum atomic E-state index is 14.2. The molecule has 2 aromatic rings. The summed E-state index contributed by atoms with van der Waals surface area (Å²) in [5.41, 5.74) is 1.89. The molecule has 0 radical (unpaired) electrons. The zero-order valence-electron chi connectivity index (χ0n) is 10.5. The van der Waals surface area contributed by atoms with Crippen LogP contribution in [0.4, 0.5) is 4.39 Å². The number of hydrogen-bond donors (Lipinski definition) is 0. The van der Waals surface area contributed by atoms with E-state index in [1.54, 1.807) is 54.6 Å². The summed E-state index contributed by atoms with van der Waals surface area (Å²) in [7, 11) is 0. The molecule has 0 N–H and O–H groups in total. The number of ketones is 1. The van der Waals surface area contributed by atoms with Gasteiger partial charge in [0.05, 0.1) is 0 Å². The lowest BCUT2D eigenvalue weighted by atomic mass is 10.00. The molecule has 0 fully saturated rings. The second-order valence-electron chi connectivity index (χ2n) is 4.44. The van der Waals surface area contributed by atoms with Crippen LogP contribution in [0.3, 0.4) is 0 Å². The second kappa shape index (κ2) is 5.98. The molecule has 2 atom stereocenters. The van der Waals surface area contributed by atoms with Crippen LogP contribution in [0.15, 0.2) is 54.6 Å². The van der Waals surface area contributed by atoms with E-state index in [-0.39, 0.29) is 0 Å². The Morgan fingerprint density at radius 2 is 1.63 bits per heavy atom. The smallest absolute Gasteiger partial charge is 0.184 e. The molecule has 0 bridgehead atoms. The largest absolute Gasteiger partial charge is 0.292 e. The summed E-state index contributed by atoms with van der Waals surface area (Å²) < 4.78 is 14.2. The van der Waals surface area contributed by atoms with Crippen LogP contribution < -0.4 is 0 Å². The van der Waals surface area contributed by atoms with Crippen molar-refractivity contribution >= 4 is 17.4 Å². The van der Waals surface area contributed by atoms with Crippen LogP contribution >= 0.6 is 11.6 Å². The molecule has 0 aliphatic carbocycles. The quantitative estimate of drug-likeness (QED) is 0.594. The predicted octanol–water partition coefficient (Wildman–Crippen LogP) is 4.50. The van der Waals surface area contributed by atoms with E-state index in [1.165, 1.54) is 0 Å². The van der Waals surface area contributed by atoms with Gasteiger partial charge in [-0.15, -0.1) is 11.6 Å². The van der Waals surface area contributed by atoms with Gasteiger partial charge in [0.25, 0.3) is 0 Å². The van der Waals surface area contributed by atoms with Crippen LogP contribution in [0.1, 0.15) is 27.7 Å². The molecule has 0 aromatic heterocycles. The van der Waals surface area contributed by atoms with E-state index in [0.717, 1.165) is 5.56 Å². The first-order valence-corrected chi connectivity index (χ1v) is 6.47. The van der Waals surface area contributed by atoms with E-state index in [2.05, 4.69) is 0 Å². The van der Waals surface area contributed by atoms with Gasteiger partial charge in [-0.25, -0.2) is 4.39 Å². The molecular formula is C16H14ClFO. The Morgan fingerprint density at radius 1 is 1.05 bits per heavy atom. The number of Topliss-reactive ketones (excluding diaryl/α,β-unsaturated/α-hetero) is 1. The number of rotatable bonds is 4. The summed E-state index contributed by atoms with van der Waals surface area (Å²) in [6.07, 6.45) is -1.50. The summed E-state index contributed by atoms with van der Waals surface area (Å²) in [5.74, 6) is -0.393. The number of hydrogen-bond acceptors (Lipinski definition) is 1. The number of aryl methyl sites for hydroxylation is 1. The maximum absolute atomic E-state index is 14.2. The van der Waals surface area contributed by atoms with Crippen LogP contribution in [0.25, 0.3) is 0 Å². The molecule has 0 saturated heterocycles. The third kappa shape index (κ3) is 3.21. The lowest BCUT2D eigenvalue weighted by molar-refractivity contribution is 0.0953. The first-order valence-electron chi connectivity index (χ1n) is 6.03. The minimum atomic E-state index is -1.50. The number of alkyl halides is 2. The summed E-state index contributed by atoms with van der Waals surface area (Å²) in [5, 5.41) is -1.20. The monoisotopic (exact) mass is 276 g/mol. The van der Waals surface area contributed by atoms with E-state index in [9.17, 15) is 9.18 Å². The van der Waals surface area contributed by atoms with Crippen molar-refractivity contribution in [3.05, 3.63) is 71.3 Å². The molecule has 2 aromatic carbocycles. The van der Waals surface area contributed by atoms with Gasteiger partial charge in [0, 0.05) is 5.56 Å². The Kier molecular flexibility index (Phi) is 4.33. The molecule has 0 spiro atoms. The molecule has 19 heavy (non-hydrogen) atoms. The average molecular weight is 277 g/mol. The number of carbonyl (C=O) groups excluding carboxylic acids is 1. The molecule has 2 rings (SSSR count). The fourth-order valence-corrected chi connectivity index (χ4v) is 2.09. The fourth-order valence-electron chi connectivity index (χ4n) is 1.81. The van der Waals surface area contributed by atoms with Gasteiger partial charge in [-0.1, -0.05) is 60.2 Å². The van der Waals surface area contributed by atoms with Gasteiger partial charge in [0.15, 0.2) is 5.78 Å². The molecule has 0 amide bonds. The van der Waals surface area contributed by atoms with Crippen molar-refractivity contribution in [2.45, 2.75) is 18.5 Å². The number of benzene rings is 2. The van der Waals surface area contributed by atoms with Gasteiger partial charge in [-0.2, -0.15) is 0 Å². The second-order valence-corrected chi connectivity index (χ2v) is 4.91. The third-order valence-electron chi connectivity index (χ3n) is 2.96. The molecule has 3 heteroatoms. The van der Waals surface area contributed by atoms with Crippen molar-refractivity contribution < 1.29 is 9.18 Å². The standard InChI is InChI=1S/C16H14ClFO/c1-11-7-9-12(10-8-11)15(18)14(17)16(19)13-5-3-2-4-6-13/h2-10,14-15H,1H3/t14-,15-/m1/s1. The van der Waals surface area contributed by atoms with Crippen LogP contribution in [-0.2, 0) is 0 Å². The molecular weight excluding hydrogens is 263 g/mol. The topological polar surface area (TPSA) is 17.1 Å². The fraction of sp³-hybridized carbons (Fsp3) is 0.188. The van der Waals surface area contributed by atoms with Crippen molar-refractivity contribution in [3.8, 4) is 0 Å². The highest BCUT2D eigenvalue weighted by Crippen LogP contribution is 2.28. The average Bonchev–Trinajstić information content (AvgIpc) is 2.46. The van der Waals surface area contributed by atoms with Gasteiger partial charge in [0.1, 0.15) is 11.5 Å². The Morgan fingerprint density at radius 3 is 2.21 bits per heavy atom. The Bertz CT molecular complexity index is 551. The summed E-state index contributed by atoms with van der Waals surface area (Å²) >= 11 is 5.97. The Hall–Kier alpha value is -1.67. The predicted molar refractivity (Wildman–Crippen MR) is 75.4 cm³/mol. The zero-order chi connectivity index (χ0) is 13.8. The van der Waals surface area contributed by atoms with Crippen molar-refractivity contribution in [1.29, 1.82) is 0 Å². The molecule has 0 heterocycles. The minimum Gasteiger partial charge on any atom is -0.292 e. The van der Waals surface area contributed by atoms with Crippen LogP contribution in [-0.4, -0.2) is 11.2 Å². The molecule has 0 unspecified atom stereocenters. The Labute approximate surface area is 117 Å². The summed E-state index contributed by atoms with van der Waals surface area (Å²) in [6.45, 7) is 1.92. The van der Waals surface area contributed by atoms with Crippen molar-refractivity contribution in [2.24, 2.45) is 0 Å². The normalized spacial score (nSPS) is 13.8. The highest BCUT2D eigenvalue weighted by Gasteiger charge is 2.28. The van der Waals surface area contributed by atoms with E-state index in [4.69, 9.17) is 11.6 Å². The van der Waals surface area contributed by atoms with Gasteiger partial charge in [0.2, 0.25) is 0 Å². The van der Waals surface area contributed by atoms with Crippen LogP contribution in [0.5, 0.6) is 0 Å². The van der Waals surface area contributed by atoms with E-state index < -0.39 is 17.3 Å².